The van der Waals surface area contributed by atoms with Crippen LogP contribution in [0.1, 0.15) is 11.3 Å². The van der Waals surface area contributed by atoms with E-state index in [1.165, 1.54) is 22.8 Å². The van der Waals surface area contributed by atoms with E-state index >= 15 is 0 Å². The van der Waals surface area contributed by atoms with Crippen LogP contribution in [0.15, 0.2) is 100 Å². The molecule has 0 bridgehead atoms. The second-order valence-electron chi connectivity index (χ2n) is 8.71. The van der Waals surface area contributed by atoms with Gasteiger partial charge >= 0.3 is 0 Å². The predicted molar refractivity (Wildman–Crippen MR) is 152 cm³/mol. The number of nitriles is 1. The maximum Gasteiger partial charge on any atom is 0.273 e. The van der Waals surface area contributed by atoms with E-state index in [2.05, 4.69) is 5.32 Å². The Morgan fingerprint density at radius 2 is 1.80 bits per heavy atom. The van der Waals surface area contributed by atoms with Crippen molar-refractivity contribution in [3.05, 3.63) is 132 Å². The van der Waals surface area contributed by atoms with E-state index < -0.39 is 16.4 Å². The van der Waals surface area contributed by atoms with Crippen molar-refractivity contribution < 1.29 is 14.1 Å². The van der Waals surface area contributed by atoms with Crippen LogP contribution >= 0.6 is 11.3 Å². The highest BCUT2D eigenvalue weighted by Crippen LogP contribution is 2.24. The molecule has 40 heavy (non-hydrogen) atoms. The number of carbonyl (C=O) groups excluding carboxylic acids is 1. The van der Waals surface area contributed by atoms with E-state index in [1.807, 2.05) is 19.1 Å². The zero-order chi connectivity index (χ0) is 28.2. The van der Waals surface area contributed by atoms with Gasteiger partial charge in [0, 0.05) is 29.5 Å². The zero-order valence-corrected chi connectivity index (χ0v) is 21.8. The number of carbonyl (C=O) groups is 1. The number of nitrogens with one attached hydrogen (secondary N) is 1. The third-order valence-electron chi connectivity index (χ3n) is 5.93. The van der Waals surface area contributed by atoms with Crippen molar-refractivity contribution in [2.45, 2.75) is 6.92 Å². The van der Waals surface area contributed by atoms with Gasteiger partial charge in [-0.2, -0.15) is 5.26 Å². The molecule has 0 aliphatic rings. The van der Waals surface area contributed by atoms with Crippen molar-refractivity contribution in [3.8, 4) is 23.1 Å². The number of nitro benzene ring substituents is 1. The highest BCUT2D eigenvalue weighted by Gasteiger charge is 2.18. The number of hydrogen-bond acceptors (Lipinski definition) is 7. The van der Waals surface area contributed by atoms with Crippen LogP contribution in [-0.2, 0) is 4.79 Å². The van der Waals surface area contributed by atoms with Crippen molar-refractivity contribution in [3.63, 3.8) is 0 Å². The number of para-hydroxylation sites is 1. The molecule has 0 radical (unpaired) electrons. The molecule has 0 aliphatic heterocycles. The van der Waals surface area contributed by atoms with Crippen LogP contribution in [0.3, 0.4) is 0 Å². The van der Waals surface area contributed by atoms with Crippen LogP contribution in [0.5, 0.6) is 0 Å². The SMILES string of the molecule is Cc1cccc(NC(=O)C(C#N)=c2sc(=Cc3ccc(-c4ccc([N+](=O)[O-])cc4)o3)c(=O)n2-c2ccccc2)c1. The molecule has 1 N–H and O–H groups in total. The Kier molecular flexibility index (Phi) is 7.22. The predicted octanol–water partition coefficient (Wildman–Crippen LogP) is 4.52. The lowest BCUT2D eigenvalue weighted by Gasteiger charge is -2.06. The Morgan fingerprint density at radius 3 is 2.48 bits per heavy atom. The molecule has 0 saturated heterocycles. The number of rotatable bonds is 6. The summed E-state index contributed by atoms with van der Waals surface area (Å²) in [5, 5.41) is 23.7. The van der Waals surface area contributed by atoms with E-state index in [-0.39, 0.29) is 20.5 Å². The Morgan fingerprint density at radius 1 is 1.05 bits per heavy atom. The largest absolute Gasteiger partial charge is 0.457 e. The van der Waals surface area contributed by atoms with Crippen molar-refractivity contribution in [1.82, 2.24) is 4.57 Å². The van der Waals surface area contributed by atoms with Gasteiger partial charge in [-0.1, -0.05) is 30.3 Å². The number of aromatic nitrogens is 1. The summed E-state index contributed by atoms with van der Waals surface area (Å²) in [6.45, 7) is 1.89. The first-order valence-electron chi connectivity index (χ1n) is 12.0. The lowest BCUT2D eigenvalue weighted by molar-refractivity contribution is -0.384. The smallest absolute Gasteiger partial charge is 0.273 e. The second kappa shape index (κ2) is 11.1. The van der Waals surface area contributed by atoms with Gasteiger partial charge in [-0.3, -0.25) is 24.3 Å². The van der Waals surface area contributed by atoms with Crippen molar-refractivity contribution in [2.75, 3.05) is 5.32 Å². The van der Waals surface area contributed by atoms with Crippen LogP contribution in [0.4, 0.5) is 11.4 Å². The van der Waals surface area contributed by atoms with Gasteiger partial charge in [0.05, 0.1) is 15.1 Å². The monoisotopic (exact) mass is 548 g/mol. The third-order valence-corrected chi connectivity index (χ3v) is 7.02. The molecule has 10 heteroatoms. The number of nitrogens with zero attached hydrogens (tertiary/aromatic N) is 3. The van der Waals surface area contributed by atoms with Gasteiger partial charge < -0.3 is 9.73 Å². The molecule has 0 fully saturated rings. The normalized spacial score (nSPS) is 12.1. The van der Waals surface area contributed by atoms with Crippen LogP contribution in [0.25, 0.3) is 28.7 Å². The summed E-state index contributed by atoms with van der Waals surface area (Å²) < 4.78 is 7.66. The topological polar surface area (TPSA) is 131 Å². The molecule has 2 heterocycles. The second-order valence-corrected chi connectivity index (χ2v) is 9.74. The highest BCUT2D eigenvalue weighted by molar-refractivity contribution is 7.07. The summed E-state index contributed by atoms with van der Waals surface area (Å²) in [6, 6.07) is 27.2. The molecule has 9 nitrogen and oxygen atoms in total. The number of non-ortho nitro benzene ring substituents is 1. The number of hydrogen-bond donors (Lipinski definition) is 1. The van der Waals surface area contributed by atoms with E-state index in [4.69, 9.17) is 4.42 Å². The molecule has 5 aromatic rings. The molecule has 0 aliphatic carbocycles. The number of thiazole rings is 1. The lowest BCUT2D eigenvalue weighted by Crippen LogP contribution is -2.32. The summed E-state index contributed by atoms with van der Waals surface area (Å²) in [4.78, 5) is 37.2. The number of aryl methyl sites for hydroxylation is 1. The summed E-state index contributed by atoms with van der Waals surface area (Å²) in [7, 11) is 0. The molecule has 0 unspecified atom stereocenters. The van der Waals surface area contributed by atoms with E-state index in [9.17, 15) is 25.0 Å². The van der Waals surface area contributed by atoms with Crippen molar-refractivity contribution in [1.29, 1.82) is 5.26 Å². The van der Waals surface area contributed by atoms with Gasteiger partial charge in [-0.15, -0.1) is 11.3 Å². The summed E-state index contributed by atoms with van der Waals surface area (Å²) in [6.07, 6.45) is 1.54. The summed E-state index contributed by atoms with van der Waals surface area (Å²) in [5.41, 5.74) is 1.94. The quantitative estimate of drug-likeness (QED) is 0.245. The first-order valence-corrected chi connectivity index (χ1v) is 12.8. The van der Waals surface area contributed by atoms with E-state index in [0.29, 0.717) is 28.5 Å². The first kappa shape index (κ1) is 26.1. The summed E-state index contributed by atoms with van der Waals surface area (Å²) in [5.74, 6) is 0.188. The average molecular weight is 549 g/mol. The molecule has 0 spiro atoms. The van der Waals surface area contributed by atoms with Crippen molar-refractivity contribution >= 4 is 40.3 Å². The van der Waals surface area contributed by atoms with Crippen molar-refractivity contribution in [2.24, 2.45) is 0 Å². The molecule has 196 valence electrons. The molecular formula is C30H20N4O5S. The van der Waals surface area contributed by atoms with Gasteiger partial charge in [-0.25, -0.2) is 0 Å². The summed E-state index contributed by atoms with van der Waals surface area (Å²) >= 11 is 1.00. The number of nitro groups is 1. The van der Waals surface area contributed by atoms with Crippen LogP contribution in [0.2, 0.25) is 0 Å². The molecule has 5 rings (SSSR count). The number of anilines is 1. The molecule has 2 aromatic heterocycles. The number of amides is 1. The minimum atomic E-state index is -0.635. The molecule has 3 aromatic carbocycles. The number of benzene rings is 3. The van der Waals surface area contributed by atoms with Gasteiger partial charge in [0.2, 0.25) is 0 Å². The van der Waals surface area contributed by atoms with Gasteiger partial charge in [0.25, 0.3) is 17.2 Å². The Labute approximate surface area is 231 Å². The number of furan rings is 1. The highest BCUT2D eigenvalue weighted by atomic mass is 32.1. The first-order chi connectivity index (χ1) is 19.3. The van der Waals surface area contributed by atoms with Gasteiger partial charge in [0.1, 0.15) is 22.3 Å². The fourth-order valence-electron chi connectivity index (χ4n) is 4.04. The van der Waals surface area contributed by atoms with E-state index in [1.54, 1.807) is 72.8 Å². The Balaban J connectivity index is 1.62. The van der Waals surface area contributed by atoms with Crippen LogP contribution in [-0.4, -0.2) is 15.4 Å². The van der Waals surface area contributed by atoms with E-state index in [0.717, 1.165) is 16.9 Å². The standard InChI is InChI=1S/C30H20N4O5S/c1-19-6-5-7-21(16-19)32-28(35)25(18-31)30-33(22-8-3-2-4-9-22)29(36)27(40-30)17-24-14-15-26(39-24)20-10-12-23(13-11-20)34(37)38/h2-17H,1H3,(H,32,35). The fourth-order valence-corrected chi connectivity index (χ4v) is 5.12. The average Bonchev–Trinajstić information content (AvgIpc) is 3.54. The molecule has 0 atom stereocenters. The third kappa shape index (κ3) is 5.36. The minimum absolute atomic E-state index is 0.0364. The zero-order valence-electron chi connectivity index (χ0n) is 21.0. The van der Waals surface area contributed by atoms with Crippen LogP contribution in [0, 0.1) is 28.4 Å². The van der Waals surface area contributed by atoms with Crippen LogP contribution < -0.4 is 20.1 Å². The van der Waals surface area contributed by atoms with Gasteiger partial charge in [-0.05, 0) is 61.0 Å². The Hall–Kier alpha value is -5.53. The Bertz CT molecular complexity index is 1960. The molecular weight excluding hydrogens is 528 g/mol. The fraction of sp³-hybridized carbons (Fsp3) is 0.0333. The lowest BCUT2D eigenvalue weighted by atomic mass is 10.1. The molecule has 1 amide bonds. The van der Waals surface area contributed by atoms with Gasteiger partial charge in [0.15, 0.2) is 5.57 Å². The minimum Gasteiger partial charge on any atom is -0.457 e. The molecule has 0 saturated carbocycles. The maximum absolute atomic E-state index is 13.6. The maximum atomic E-state index is 13.6.